The zero-order valence-electron chi connectivity index (χ0n) is 16.5. The Kier molecular flexibility index (Phi) is 6.47. The molecule has 2 rings (SSSR count). The molecule has 0 aliphatic carbocycles. The predicted molar refractivity (Wildman–Crippen MR) is 104 cm³/mol. The van der Waals surface area contributed by atoms with Crippen molar-refractivity contribution in [1.82, 2.24) is 14.5 Å². The zero-order chi connectivity index (χ0) is 19.5. The summed E-state index contributed by atoms with van der Waals surface area (Å²) in [4.78, 5) is 14.5. The Morgan fingerprint density at radius 3 is 2.27 bits per heavy atom. The second-order valence-corrected chi connectivity index (χ2v) is 9.65. The lowest BCUT2D eigenvalue weighted by Gasteiger charge is -2.34. The number of nitrogens with one attached hydrogen (secondary N) is 1. The number of hydrogen-bond donors (Lipinski definition) is 1. The van der Waals surface area contributed by atoms with Crippen molar-refractivity contribution in [1.29, 1.82) is 0 Å². The molecule has 0 radical (unpaired) electrons. The van der Waals surface area contributed by atoms with Crippen LogP contribution in [0.5, 0.6) is 0 Å². The molecule has 0 unspecified atom stereocenters. The maximum atomic E-state index is 12.8. The first-order chi connectivity index (χ1) is 12.0. The highest BCUT2D eigenvalue weighted by atomic mass is 32.2. The fraction of sp³-hybridized carbons (Fsp3) is 0.632. The van der Waals surface area contributed by atoms with Gasteiger partial charge in [0, 0.05) is 31.7 Å². The predicted octanol–water partition coefficient (Wildman–Crippen LogP) is 1.91. The lowest BCUT2D eigenvalue weighted by molar-refractivity contribution is -0.124. The summed E-state index contributed by atoms with van der Waals surface area (Å²) >= 11 is 0. The van der Waals surface area contributed by atoms with Crippen LogP contribution in [-0.2, 0) is 14.8 Å². The average molecular weight is 382 g/mol. The fourth-order valence-electron chi connectivity index (χ4n) is 2.86. The number of benzene rings is 1. The number of nitrogens with zero attached hydrogens (tertiary/aromatic N) is 2. The van der Waals surface area contributed by atoms with Crippen LogP contribution >= 0.6 is 0 Å². The summed E-state index contributed by atoms with van der Waals surface area (Å²) in [6.07, 6.45) is 0.862. The maximum absolute atomic E-state index is 12.8. The Labute approximate surface area is 157 Å². The van der Waals surface area contributed by atoms with Crippen molar-refractivity contribution in [3.05, 3.63) is 29.3 Å². The average Bonchev–Trinajstić information content (AvgIpc) is 2.57. The Balaban J connectivity index is 1.95. The van der Waals surface area contributed by atoms with Crippen LogP contribution < -0.4 is 5.32 Å². The van der Waals surface area contributed by atoms with Crippen LogP contribution in [0.1, 0.15) is 38.3 Å². The number of piperazine rings is 1. The molecule has 6 nitrogen and oxygen atoms in total. The monoisotopic (exact) mass is 381 g/mol. The number of sulfonamides is 1. The van der Waals surface area contributed by atoms with E-state index in [-0.39, 0.29) is 11.4 Å². The Bertz CT molecular complexity index is 751. The van der Waals surface area contributed by atoms with E-state index < -0.39 is 10.0 Å². The molecule has 7 heteroatoms. The molecular weight excluding hydrogens is 350 g/mol. The summed E-state index contributed by atoms with van der Waals surface area (Å²) in [5.41, 5.74) is 1.83. The van der Waals surface area contributed by atoms with Gasteiger partial charge in [-0.15, -0.1) is 0 Å². The van der Waals surface area contributed by atoms with E-state index in [1.807, 2.05) is 45.6 Å². The quantitative estimate of drug-likeness (QED) is 0.817. The van der Waals surface area contributed by atoms with Gasteiger partial charge in [-0.25, -0.2) is 8.42 Å². The molecule has 1 saturated heterocycles. The summed E-state index contributed by atoms with van der Waals surface area (Å²) < 4.78 is 27.2. The summed E-state index contributed by atoms with van der Waals surface area (Å²) in [5.74, 6) is -0.0117. The van der Waals surface area contributed by atoms with Gasteiger partial charge in [0.25, 0.3) is 0 Å². The molecule has 0 bridgehead atoms. The molecule has 1 amide bonds. The van der Waals surface area contributed by atoms with Crippen molar-refractivity contribution < 1.29 is 13.2 Å². The topological polar surface area (TPSA) is 69.7 Å². The molecule has 0 spiro atoms. The van der Waals surface area contributed by atoms with Crippen LogP contribution in [0.2, 0.25) is 0 Å². The van der Waals surface area contributed by atoms with Crippen LogP contribution in [0.3, 0.4) is 0 Å². The molecule has 1 aromatic rings. The van der Waals surface area contributed by atoms with Gasteiger partial charge in [0.2, 0.25) is 15.9 Å². The molecule has 1 aliphatic heterocycles. The molecule has 1 N–H and O–H groups in total. The molecule has 1 heterocycles. The molecule has 1 aliphatic rings. The minimum absolute atomic E-state index is 0.0117. The largest absolute Gasteiger partial charge is 0.350 e. The number of hydrogen-bond acceptors (Lipinski definition) is 4. The van der Waals surface area contributed by atoms with E-state index in [4.69, 9.17) is 0 Å². The van der Waals surface area contributed by atoms with Crippen molar-refractivity contribution in [3.8, 4) is 0 Å². The van der Waals surface area contributed by atoms with E-state index in [1.165, 1.54) is 4.31 Å². The number of aryl methyl sites for hydroxylation is 2. The van der Waals surface area contributed by atoms with Gasteiger partial charge >= 0.3 is 0 Å². The summed E-state index contributed by atoms with van der Waals surface area (Å²) in [7, 11) is -3.48. The highest BCUT2D eigenvalue weighted by molar-refractivity contribution is 7.89. The number of carbonyl (C=O) groups is 1. The molecule has 1 fully saturated rings. The number of rotatable bonds is 6. The van der Waals surface area contributed by atoms with Crippen LogP contribution in [0.15, 0.2) is 23.1 Å². The molecule has 1 aromatic carbocycles. The first-order valence-electron chi connectivity index (χ1n) is 9.16. The van der Waals surface area contributed by atoms with Crippen LogP contribution in [0.4, 0.5) is 0 Å². The Morgan fingerprint density at radius 2 is 1.73 bits per heavy atom. The summed E-state index contributed by atoms with van der Waals surface area (Å²) in [6.45, 7) is 12.2. The van der Waals surface area contributed by atoms with Crippen molar-refractivity contribution in [2.24, 2.45) is 0 Å². The van der Waals surface area contributed by atoms with Gasteiger partial charge in [-0.05, 0) is 57.4 Å². The van der Waals surface area contributed by atoms with Crippen LogP contribution in [-0.4, -0.2) is 61.8 Å². The Hall–Kier alpha value is -1.44. The van der Waals surface area contributed by atoms with Gasteiger partial charge in [-0.1, -0.05) is 13.0 Å². The number of carbonyl (C=O) groups excluding carboxylic acids is 1. The standard InChI is InChI=1S/C19H31N3O3S/c1-6-19(4,5)20-18(23)14-21-9-11-22(12-10-21)26(24,25)17-8-7-15(2)16(3)13-17/h7-8,13H,6,9-12,14H2,1-5H3,(H,20,23). The van der Waals surface area contributed by atoms with E-state index in [1.54, 1.807) is 12.1 Å². The van der Waals surface area contributed by atoms with Crippen LogP contribution in [0.25, 0.3) is 0 Å². The van der Waals surface area contributed by atoms with E-state index in [0.717, 1.165) is 17.5 Å². The molecule has 26 heavy (non-hydrogen) atoms. The van der Waals surface area contributed by atoms with Gasteiger partial charge in [-0.2, -0.15) is 4.31 Å². The van der Waals surface area contributed by atoms with Crippen molar-refractivity contribution in [3.63, 3.8) is 0 Å². The molecule has 0 atom stereocenters. The third-order valence-electron chi connectivity index (χ3n) is 5.18. The second kappa shape index (κ2) is 8.06. The van der Waals surface area contributed by atoms with Gasteiger partial charge in [0.05, 0.1) is 11.4 Å². The molecule has 146 valence electrons. The molecular formula is C19H31N3O3S. The van der Waals surface area contributed by atoms with E-state index >= 15 is 0 Å². The normalized spacial score (nSPS) is 17.3. The Morgan fingerprint density at radius 1 is 1.12 bits per heavy atom. The van der Waals surface area contributed by atoms with Crippen molar-refractivity contribution >= 4 is 15.9 Å². The van der Waals surface area contributed by atoms with E-state index in [0.29, 0.717) is 37.6 Å². The van der Waals surface area contributed by atoms with Gasteiger partial charge in [-0.3, -0.25) is 9.69 Å². The second-order valence-electron chi connectivity index (χ2n) is 7.71. The summed E-state index contributed by atoms with van der Waals surface area (Å²) in [6, 6.07) is 5.25. The van der Waals surface area contributed by atoms with Gasteiger partial charge < -0.3 is 5.32 Å². The van der Waals surface area contributed by atoms with Crippen molar-refractivity contribution in [2.45, 2.75) is 51.5 Å². The third-order valence-corrected chi connectivity index (χ3v) is 7.07. The highest BCUT2D eigenvalue weighted by Crippen LogP contribution is 2.20. The first kappa shape index (κ1) is 20.9. The van der Waals surface area contributed by atoms with E-state index in [2.05, 4.69) is 5.32 Å². The fourth-order valence-corrected chi connectivity index (χ4v) is 4.37. The maximum Gasteiger partial charge on any atom is 0.243 e. The van der Waals surface area contributed by atoms with Crippen LogP contribution in [0, 0.1) is 13.8 Å². The third kappa shape index (κ3) is 5.05. The molecule has 0 saturated carbocycles. The smallest absolute Gasteiger partial charge is 0.243 e. The SMILES string of the molecule is CCC(C)(C)NC(=O)CN1CCN(S(=O)(=O)c2ccc(C)c(C)c2)CC1. The first-order valence-corrected chi connectivity index (χ1v) is 10.6. The lowest BCUT2D eigenvalue weighted by atomic mass is 10.0. The van der Waals surface area contributed by atoms with Gasteiger partial charge in [0.15, 0.2) is 0 Å². The van der Waals surface area contributed by atoms with Crippen molar-refractivity contribution in [2.75, 3.05) is 32.7 Å². The van der Waals surface area contributed by atoms with E-state index in [9.17, 15) is 13.2 Å². The number of amides is 1. The lowest BCUT2D eigenvalue weighted by Crippen LogP contribution is -2.53. The molecule has 0 aromatic heterocycles. The summed E-state index contributed by atoms with van der Waals surface area (Å²) in [5, 5.41) is 3.02. The van der Waals surface area contributed by atoms with Gasteiger partial charge in [0.1, 0.15) is 0 Å². The highest BCUT2D eigenvalue weighted by Gasteiger charge is 2.29. The minimum Gasteiger partial charge on any atom is -0.350 e. The zero-order valence-corrected chi connectivity index (χ0v) is 17.3. The minimum atomic E-state index is -3.48.